The summed E-state index contributed by atoms with van der Waals surface area (Å²) in [5.74, 6) is -2.88. The van der Waals surface area contributed by atoms with Gasteiger partial charge in [-0.05, 0) is 58.8 Å². The van der Waals surface area contributed by atoms with E-state index in [4.69, 9.17) is 0 Å². The molecule has 3 fully saturated rings. The number of hydrogen-bond donors (Lipinski definition) is 0. The van der Waals surface area contributed by atoms with Crippen molar-refractivity contribution >= 4 is 6.29 Å². The van der Waals surface area contributed by atoms with Crippen LogP contribution in [0.25, 0.3) is 0 Å². The molecule has 1 atom stereocenters. The minimum absolute atomic E-state index is 0.109. The summed E-state index contributed by atoms with van der Waals surface area (Å²) in [6.07, 6.45) is 5.06. The highest BCUT2D eigenvalue weighted by atomic mass is 19.3. The minimum Gasteiger partial charge on any atom is -0.306 e. The molecule has 3 rings (SSSR count). The Morgan fingerprint density at radius 1 is 1.17 bits per heavy atom. The Balaban J connectivity index is 0.000000317. The van der Waals surface area contributed by atoms with Crippen molar-refractivity contribution in [3.63, 3.8) is 0 Å². The highest BCUT2D eigenvalue weighted by Crippen LogP contribution is 2.39. The second-order valence-electron chi connectivity index (χ2n) is 6.80. The number of nitrogens with zero attached hydrogens (tertiary/aromatic N) is 2. The number of alkyl halides is 2. The van der Waals surface area contributed by atoms with Crippen molar-refractivity contribution in [1.29, 1.82) is 0 Å². The molecule has 1 aliphatic carbocycles. The van der Waals surface area contributed by atoms with Crippen molar-refractivity contribution in [3.8, 4) is 0 Å². The predicted molar refractivity (Wildman–Crippen MR) is 91.0 cm³/mol. The zero-order valence-electron chi connectivity index (χ0n) is 15.2. The molecule has 1 saturated carbocycles. The third kappa shape index (κ3) is 5.79. The lowest BCUT2D eigenvalue weighted by atomic mass is 9.78. The molecule has 2 aliphatic heterocycles. The summed E-state index contributed by atoms with van der Waals surface area (Å²) in [4.78, 5) is 14.7. The van der Waals surface area contributed by atoms with Gasteiger partial charge in [-0.3, -0.25) is 4.90 Å². The smallest absolute Gasteiger partial charge is 0.263 e. The van der Waals surface area contributed by atoms with Crippen LogP contribution in [0.4, 0.5) is 8.78 Å². The van der Waals surface area contributed by atoms with Gasteiger partial charge < -0.3 is 9.69 Å². The number of carbonyl (C=O) groups is 1. The van der Waals surface area contributed by atoms with E-state index < -0.39 is 11.8 Å². The summed E-state index contributed by atoms with van der Waals surface area (Å²) in [6.45, 7) is 9.13. The number of carbonyl (C=O) groups excluding carboxylic acids is 1. The summed E-state index contributed by atoms with van der Waals surface area (Å²) in [5.41, 5.74) is 0. The molecule has 3 nitrogen and oxygen atoms in total. The molecule has 0 spiro atoms. The van der Waals surface area contributed by atoms with Crippen LogP contribution in [0.5, 0.6) is 0 Å². The predicted octanol–water partition coefficient (Wildman–Crippen LogP) is 3.68. The summed E-state index contributed by atoms with van der Waals surface area (Å²) in [5, 5.41) is 0. The lowest BCUT2D eigenvalue weighted by molar-refractivity contribution is -0.134. The molecule has 0 N–H and O–H groups in total. The monoisotopic (exact) mass is 332 g/mol. The van der Waals surface area contributed by atoms with E-state index in [2.05, 4.69) is 11.9 Å². The van der Waals surface area contributed by atoms with E-state index in [0.717, 1.165) is 25.7 Å². The Morgan fingerprint density at radius 2 is 1.74 bits per heavy atom. The van der Waals surface area contributed by atoms with Crippen molar-refractivity contribution in [2.24, 2.45) is 11.8 Å². The van der Waals surface area contributed by atoms with Crippen molar-refractivity contribution < 1.29 is 13.6 Å². The van der Waals surface area contributed by atoms with Crippen LogP contribution in [-0.2, 0) is 4.79 Å². The molecule has 136 valence electrons. The third-order valence-electron chi connectivity index (χ3n) is 5.21. The molecule has 2 heterocycles. The average molecular weight is 332 g/mol. The summed E-state index contributed by atoms with van der Waals surface area (Å²) < 4.78 is 27.4. The maximum Gasteiger partial charge on any atom is 0.263 e. The highest BCUT2D eigenvalue weighted by Gasteiger charge is 2.46. The Kier molecular flexibility index (Phi) is 8.62. The summed E-state index contributed by atoms with van der Waals surface area (Å²) >= 11 is 0. The van der Waals surface area contributed by atoms with E-state index in [1.807, 2.05) is 25.7 Å². The van der Waals surface area contributed by atoms with Crippen molar-refractivity contribution in [2.75, 3.05) is 33.2 Å². The molecule has 5 heteroatoms. The van der Waals surface area contributed by atoms with E-state index in [9.17, 15) is 13.6 Å². The lowest BCUT2D eigenvalue weighted by Crippen LogP contribution is -2.55. The van der Waals surface area contributed by atoms with E-state index >= 15 is 0 Å². The minimum atomic E-state index is -2.54. The molecular formula is C18H34F2N2O. The second kappa shape index (κ2) is 9.67. The quantitative estimate of drug-likeness (QED) is 0.737. The van der Waals surface area contributed by atoms with Crippen LogP contribution in [0.1, 0.15) is 52.9 Å². The maximum absolute atomic E-state index is 13.7. The molecule has 0 radical (unpaired) electrons. The Morgan fingerprint density at radius 3 is 2.09 bits per heavy atom. The van der Waals surface area contributed by atoms with Gasteiger partial charge >= 0.3 is 0 Å². The normalized spacial score (nSPS) is 33.0. The molecule has 0 aromatic rings. The van der Waals surface area contributed by atoms with Crippen LogP contribution < -0.4 is 0 Å². The van der Waals surface area contributed by atoms with Gasteiger partial charge in [0.05, 0.1) is 6.54 Å². The van der Waals surface area contributed by atoms with E-state index in [1.165, 1.54) is 19.5 Å². The zero-order valence-corrected chi connectivity index (χ0v) is 15.2. The number of halogens is 2. The van der Waals surface area contributed by atoms with Crippen LogP contribution in [0.15, 0.2) is 0 Å². The molecule has 2 saturated heterocycles. The first kappa shape index (κ1) is 20.5. The largest absolute Gasteiger partial charge is 0.306 e. The molecule has 0 aromatic carbocycles. The van der Waals surface area contributed by atoms with Crippen LogP contribution in [-0.4, -0.2) is 61.3 Å². The van der Waals surface area contributed by atoms with Gasteiger partial charge in [0.2, 0.25) is 0 Å². The van der Waals surface area contributed by atoms with Gasteiger partial charge in [0, 0.05) is 17.9 Å². The van der Waals surface area contributed by atoms with Gasteiger partial charge in [-0.2, -0.15) is 0 Å². The fraction of sp³-hybridized carbons (Fsp3) is 0.944. The molecule has 0 bridgehead atoms. The first-order valence-electron chi connectivity index (χ1n) is 9.22. The second-order valence-corrected chi connectivity index (χ2v) is 6.80. The van der Waals surface area contributed by atoms with Crippen molar-refractivity contribution in [2.45, 2.75) is 64.8 Å². The molecular weight excluding hydrogens is 298 g/mol. The molecule has 23 heavy (non-hydrogen) atoms. The number of rotatable bonds is 3. The fourth-order valence-corrected chi connectivity index (χ4v) is 3.34. The van der Waals surface area contributed by atoms with Gasteiger partial charge in [0.25, 0.3) is 5.92 Å². The SMILES string of the molecule is CC.CCC1CCN(C2CC(C=O)C2)CC1(F)F.CN1CCC1. The number of piperidine rings is 1. The van der Waals surface area contributed by atoms with Gasteiger partial charge in [-0.25, -0.2) is 8.78 Å². The van der Waals surface area contributed by atoms with Gasteiger partial charge in [0.15, 0.2) is 0 Å². The molecule has 0 amide bonds. The number of likely N-dealkylation sites (tertiary alicyclic amines) is 2. The van der Waals surface area contributed by atoms with Gasteiger partial charge in [0.1, 0.15) is 6.29 Å². The third-order valence-corrected chi connectivity index (χ3v) is 5.21. The first-order chi connectivity index (χ1) is 11.0. The topological polar surface area (TPSA) is 23.6 Å². The van der Waals surface area contributed by atoms with Crippen LogP contribution in [0, 0.1) is 11.8 Å². The van der Waals surface area contributed by atoms with Crippen LogP contribution >= 0.6 is 0 Å². The summed E-state index contributed by atoms with van der Waals surface area (Å²) in [7, 11) is 2.14. The Bertz CT molecular complexity index is 342. The zero-order chi connectivity index (χ0) is 17.5. The Hall–Kier alpha value is -0.550. The van der Waals surface area contributed by atoms with E-state index in [-0.39, 0.29) is 18.5 Å². The molecule has 1 unspecified atom stereocenters. The average Bonchev–Trinajstić information content (AvgIpc) is 2.46. The number of aldehydes is 1. The first-order valence-corrected chi connectivity index (χ1v) is 9.22. The standard InChI is InChI=1S/C12H19F2NO.C4H9N.C2H6/c1-2-10-3-4-15(8-12(10,13)14)11-5-9(6-11)7-16;1-5-3-2-4-5;1-2/h7,9-11H,2-6,8H2,1H3;2-4H2,1H3;1-2H3. The number of hydrogen-bond acceptors (Lipinski definition) is 3. The summed E-state index contributed by atoms with van der Waals surface area (Å²) in [6, 6.07) is 0.221. The lowest BCUT2D eigenvalue weighted by Gasteiger charge is -2.46. The van der Waals surface area contributed by atoms with E-state index in [1.54, 1.807) is 0 Å². The van der Waals surface area contributed by atoms with Gasteiger partial charge in [-0.15, -0.1) is 0 Å². The fourth-order valence-electron chi connectivity index (χ4n) is 3.34. The van der Waals surface area contributed by atoms with Gasteiger partial charge in [-0.1, -0.05) is 20.8 Å². The van der Waals surface area contributed by atoms with Crippen molar-refractivity contribution in [1.82, 2.24) is 9.80 Å². The van der Waals surface area contributed by atoms with E-state index in [0.29, 0.717) is 12.8 Å². The maximum atomic E-state index is 13.7. The van der Waals surface area contributed by atoms with Crippen molar-refractivity contribution in [3.05, 3.63) is 0 Å². The van der Waals surface area contributed by atoms with Crippen LogP contribution in [0.2, 0.25) is 0 Å². The van der Waals surface area contributed by atoms with Crippen LogP contribution in [0.3, 0.4) is 0 Å². The highest BCUT2D eigenvalue weighted by molar-refractivity contribution is 5.55. The Labute approximate surface area is 140 Å². The molecule has 0 aromatic heterocycles. The molecule has 3 aliphatic rings.